The van der Waals surface area contributed by atoms with Gasteiger partial charge < -0.3 is 4.90 Å². The maximum atomic E-state index is 13.4. The third-order valence-corrected chi connectivity index (χ3v) is 5.23. The standard InChI is InChI=1S/C21H17FN4OS/c1-13-8-17(6-4-14(13)11-23)25-19(27)21(2,3)26(20(25)28)18-7-5-15(12-24)16(9-18)10-22/h4-9H,10H2,1-3H3. The zero-order valence-corrected chi connectivity index (χ0v) is 16.5. The largest absolute Gasteiger partial charge is 0.304 e. The molecule has 5 nitrogen and oxygen atoms in total. The average Bonchev–Trinajstić information content (AvgIpc) is 2.85. The fourth-order valence-corrected chi connectivity index (χ4v) is 3.83. The molecule has 0 bridgehead atoms. The molecule has 0 radical (unpaired) electrons. The molecule has 0 saturated carbocycles. The topological polar surface area (TPSA) is 71.1 Å². The van der Waals surface area contributed by atoms with E-state index in [0.29, 0.717) is 16.9 Å². The molecule has 0 aliphatic carbocycles. The number of carbonyl (C=O) groups is 1. The lowest BCUT2D eigenvalue weighted by Gasteiger charge is -2.29. The number of carbonyl (C=O) groups excluding carboxylic acids is 1. The summed E-state index contributed by atoms with van der Waals surface area (Å²) in [7, 11) is 0. The molecule has 28 heavy (non-hydrogen) atoms. The van der Waals surface area contributed by atoms with Gasteiger partial charge in [0.1, 0.15) is 12.2 Å². The van der Waals surface area contributed by atoms with Crippen molar-refractivity contribution in [1.29, 1.82) is 10.5 Å². The minimum atomic E-state index is -0.999. The van der Waals surface area contributed by atoms with Gasteiger partial charge in [-0.05, 0) is 75.0 Å². The number of hydrogen-bond acceptors (Lipinski definition) is 4. The fourth-order valence-electron chi connectivity index (χ4n) is 3.31. The normalized spacial score (nSPS) is 15.5. The Balaban J connectivity index is 2.09. The van der Waals surface area contributed by atoms with Crippen LogP contribution in [-0.2, 0) is 11.5 Å². The number of thiocarbonyl (C=S) groups is 1. The Labute approximate surface area is 168 Å². The fraction of sp³-hybridized carbons (Fsp3) is 0.238. The zero-order valence-electron chi connectivity index (χ0n) is 15.7. The van der Waals surface area contributed by atoms with E-state index in [4.69, 9.17) is 22.7 Å². The zero-order chi connectivity index (χ0) is 20.6. The van der Waals surface area contributed by atoms with Gasteiger partial charge in [0.25, 0.3) is 5.91 Å². The summed E-state index contributed by atoms with van der Waals surface area (Å²) in [6.45, 7) is 4.49. The summed E-state index contributed by atoms with van der Waals surface area (Å²) in [6.07, 6.45) is 0. The Morgan fingerprint density at radius 1 is 1.07 bits per heavy atom. The highest BCUT2D eigenvalue weighted by Gasteiger charge is 2.50. The smallest absolute Gasteiger partial charge is 0.259 e. The van der Waals surface area contributed by atoms with Crippen LogP contribution < -0.4 is 9.80 Å². The summed E-state index contributed by atoms with van der Waals surface area (Å²) in [6, 6.07) is 13.9. The molecule has 1 aliphatic rings. The molecule has 7 heteroatoms. The number of halogens is 1. The molecule has 0 unspecified atom stereocenters. The number of nitriles is 2. The van der Waals surface area contributed by atoms with Crippen molar-refractivity contribution < 1.29 is 9.18 Å². The molecule has 1 heterocycles. The van der Waals surface area contributed by atoms with Gasteiger partial charge in [0.15, 0.2) is 5.11 Å². The molecule has 0 atom stereocenters. The first-order valence-electron chi connectivity index (χ1n) is 8.54. The quantitative estimate of drug-likeness (QED) is 0.735. The average molecular weight is 392 g/mol. The van der Waals surface area contributed by atoms with Crippen molar-refractivity contribution in [3.63, 3.8) is 0 Å². The number of nitrogens with zero attached hydrogens (tertiary/aromatic N) is 4. The van der Waals surface area contributed by atoms with Gasteiger partial charge in [0, 0.05) is 11.3 Å². The molecular formula is C21H17FN4OS. The van der Waals surface area contributed by atoms with E-state index in [1.807, 2.05) is 6.07 Å². The molecule has 0 aromatic heterocycles. The van der Waals surface area contributed by atoms with Crippen molar-refractivity contribution >= 4 is 34.6 Å². The molecule has 1 fully saturated rings. The van der Waals surface area contributed by atoms with Crippen LogP contribution in [0.15, 0.2) is 36.4 Å². The summed E-state index contributed by atoms with van der Waals surface area (Å²) in [5.74, 6) is -0.229. The van der Waals surface area contributed by atoms with Crippen molar-refractivity contribution in [1.82, 2.24) is 0 Å². The van der Waals surface area contributed by atoms with Crippen molar-refractivity contribution in [2.75, 3.05) is 9.80 Å². The summed E-state index contributed by atoms with van der Waals surface area (Å²) < 4.78 is 13.4. The van der Waals surface area contributed by atoms with E-state index in [9.17, 15) is 9.18 Å². The van der Waals surface area contributed by atoms with Crippen molar-refractivity contribution in [3.05, 3.63) is 58.7 Å². The molecule has 1 saturated heterocycles. The van der Waals surface area contributed by atoms with Gasteiger partial charge in [0.2, 0.25) is 0 Å². The van der Waals surface area contributed by atoms with Crippen LogP contribution in [0, 0.1) is 29.6 Å². The second kappa shape index (κ2) is 7.03. The van der Waals surface area contributed by atoms with E-state index in [0.717, 1.165) is 5.56 Å². The number of anilines is 2. The van der Waals surface area contributed by atoms with E-state index in [1.165, 1.54) is 11.0 Å². The van der Waals surface area contributed by atoms with Crippen molar-refractivity contribution in [2.24, 2.45) is 0 Å². The Hall–Kier alpha value is -3.29. The summed E-state index contributed by atoms with van der Waals surface area (Å²) in [5, 5.41) is 18.5. The first-order chi connectivity index (χ1) is 13.3. The minimum Gasteiger partial charge on any atom is -0.304 e. The van der Waals surface area contributed by atoms with Gasteiger partial charge >= 0.3 is 0 Å². The Kier molecular flexibility index (Phi) is 4.89. The van der Waals surface area contributed by atoms with Crippen LogP contribution in [0.25, 0.3) is 0 Å². The van der Waals surface area contributed by atoms with Crippen LogP contribution >= 0.6 is 12.2 Å². The monoisotopic (exact) mass is 392 g/mol. The van der Waals surface area contributed by atoms with Gasteiger partial charge in [0.05, 0.1) is 29.0 Å². The third kappa shape index (κ3) is 2.90. The predicted octanol–water partition coefficient (Wildman–Crippen LogP) is 4.12. The lowest BCUT2D eigenvalue weighted by molar-refractivity contribution is -0.120. The Morgan fingerprint density at radius 3 is 2.25 bits per heavy atom. The van der Waals surface area contributed by atoms with Crippen LogP contribution in [0.1, 0.15) is 36.1 Å². The Morgan fingerprint density at radius 2 is 1.68 bits per heavy atom. The molecule has 3 rings (SSSR count). The number of amides is 1. The van der Waals surface area contributed by atoms with E-state index in [2.05, 4.69) is 6.07 Å². The summed E-state index contributed by atoms with van der Waals surface area (Å²) in [4.78, 5) is 16.3. The molecule has 0 spiro atoms. The lowest BCUT2D eigenvalue weighted by atomic mass is 10.0. The lowest BCUT2D eigenvalue weighted by Crippen LogP contribution is -2.44. The molecule has 1 amide bonds. The van der Waals surface area contributed by atoms with E-state index < -0.39 is 12.2 Å². The van der Waals surface area contributed by atoms with Gasteiger partial charge in [-0.2, -0.15) is 10.5 Å². The number of benzene rings is 2. The summed E-state index contributed by atoms with van der Waals surface area (Å²) in [5.41, 5.74) is 1.88. The van der Waals surface area contributed by atoms with E-state index in [-0.39, 0.29) is 22.1 Å². The van der Waals surface area contributed by atoms with E-state index >= 15 is 0 Å². The van der Waals surface area contributed by atoms with Gasteiger partial charge in [-0.25, -0.2) is 4.39 Å². The van der Waals surface area contributed by atoms with Crippen LogP contribution in [0.2, 0.25) is 0 Å². The number of aryl methyl sites for hydroxylation is 1. The SMILES string of the molecule is Cc1cc(N2C(=O)C(C)(C)N(c3ccc(C#N)c(CF)c3)C2=S)ccc1C#N. The molecule has 140 valence electrons. The third-order valence-electron chi connectivity index (χ3n) is 4.87. The van der Waals surface area contributed by atoms with Gasteiger partial charge in [-0.15, -0.1) is 0 Å². The second-order valence-electron chi connectivity index (χ2n) is 7.02. The second-order valence-corrected chi connectivity index (χ2v) is 7.38. The van der Waals surface area contributed by atoms with Crippen molar-refractivity contribution in [3.8, 4) is 12.1 Å². The molecule has 2 aromatic carbocycles. The molecule has 1 aliphatic heterocycles. The van der Waals surface area contributed by atoms with Crippen LogP contribution in [0.4, 0.5) is 15.8 Å². The first kappa shape index (κ1) is 19.5. The maximum absolute atomic E-state index is 13.4. The van der Waals surface area contributed by atoms with Crippen LogP contribution in [0.5, 0.6) is 0 Å². The first-order valence-corrected chi connectivity index (χ1v) is 8.95. The summed E-state index contributed by atoms with van der Waals surface area (Å²) >= 11 is 5.60. The minimum absolute atomic E-state index is 0.229. The number of rotatable bonds is 3. The van der Waals surface area contributed by atoms with E-state index in [1.54, 1.807) is 56.0 Å². The Bertz CT molecular complexity index is 1080. The van der Waals surface area contributed by atoms with Crippen molar-refractivity contribution in [2.45, 2.75) is 33.0 Å². The number of alkyl halides is 1. The highest BCUT2D eigenvalue weighted by molar-refractivity contribution is 7.81. The van der Waals surface area contributed by atoms with Gasteiger partial charge in [-0.3, -0.25) is 9.69 Å². The highest BCUT2D eigenvalue weighted by Crippen LogP contribution is 2.37. The maximum Gasteiger partial charge on any atom is 0.259 e. The van der Waals surface area contributed by atoms with Crippen LogP contribution in [-0.4, -0.2) is 16.6 Å². The molecule has 0 N–H and O–H groups in total. The molecule has 2 aromatic rings. The predicted molar refractivity (Wildman–Crippen MR) is 109 cm³/mol. The van der Waals surface area contributed by atoms with Gasteiger partial charge in [-0.1, -0.05) is 0 Å². The highest BCUT2D eigenvalue weighted by atomic mass is 32.1. The van der Waals surface area contributed by atoms with Crippen LogP contribution in [0.3, 0.4) is 0 Å². The number of hydrogen-bond donors (Lipinski definition) is 0. The molecular weight excluding hydrogens is 375 g/mol.